The number of halogens is 1. The summed E-state index contributed by atoms with van der Waals surface area (Å²) in [5.41, 5.74) is 4.59. The molecule has 1 N–H and O–H groups in total. The van der Waals surface area contributed by atoms with Gasteiger partial charge in [-0.15, -0.1) is 0 Å². The summed E-state index contributed by atoms with van der Waals surface area (Å²) in [5.74, 6) is 0.433. The van der Waals surface area contributed by atoms with E-state index in [1.165, 1.54) is 0 Å². The first-order valence-corrected chi connectivity index (χ1v) is 13.2. The van der Waals surface area contributed by atoms with Crippen LogP contribution in [-0.2, 0) is 14.3 Å². The molecule has 3 aliphatic rings. The summed E-state index contributed by atoms with van der Waals surface area (Å²) in [6.45, 7) is 1.89. The number of esters is 1. The largest absolute Gasteiger partial charge is 0.493 e. The Morgan fingerprint density at radius 1 is 0.946 bits per heavy atom. The van der Waals surface area contributed by atoms with E-state index in [9.17, 15) is 9.59 Å². The summed E-state index contributed by atoms with van der Waals surface area (Å²) in [6.07, 6.45) is 4.83. The zero-order valence-corrected chi connectivity index (χ0v) is 22.2. The molecule has 0 spiro atoms. The van der Waals surface area contributed by atoms with Gasteiger partial charge in [-0.1, -0.05) is 29.8 Å². The highest BCUT2D eigenvalue weighted by Gasteiger charge is 2.42. The molecule has 1 heterocycles. The molecule has 5 rings (SSSR count). The Balaban J connectivity index is 1.52. The zero-order chi connectivity index (χ0) is 26.1. The topological polar surface area (TPSA) is 73.9 Å². The standard InChI is InChI=1S/C30H32ClNO5/c1-17-27(30(34)37-22-6-4-5-7-22)28(18-8-11-21(31)12-9-18)29-23(32-17)14-20(15-24(29)33)19-10-13-25(35-2)26(16-19)36-3/h8-13,16,20,22,28,32H,4-7,14-15H2,1-3H3/t20-,28+/m0/s1. The monoisotopic (exact) mass is 521 g/mol. The van der Waals surface area contributed by atoms with Gasteiger partial charge < -0.3 is 19.5 Å². The van der Waals surface area contributed by atoms with Crippen molar-refractivity contribution in [3.05, 3.63) is 81.2 Å². The molecule has 194 valence electrons. The summed E-state index contributed by atoms with van der Waals surface area (Å²) in [7, 11) is 3.21. The van der Waals surface area contributed by atoms with Crippen molar-refractivity contribution < 1.29 is 23.8 Å². The molecule has 0 bridgehead atoms. The Morgan fingerprint density at radius 3 is 2.30 bits per heavy atom. The van der Waals surface area contributed by atoms with Crippen molar-refractivity contribution in [3.8, 4) is 11.5 Å². The predicted octanol–water partition coefficient (Wildman–Crippen LogP) is 6.20. The van der Waals surface area contributed by atoms with Crippen LogP contribution in [0.5, 0.6) is 11.5 Å². The number of allylic oxidation sites excluding steroid dienone is 3. The maximum atomic E-state index is 13.8. The van der Waals surface area contributed by atoms with Crippen molar-refractivity contribution in [2.45, 2.75) is 63.4 Å². The fourth-order valence-corrected chi connectivity index (χ4v) is 5.99. The second-order valence-electron chi connectivity index (χ2n) is 10.00. The quantitative estimate of drug-likeness (QED) is 0.456. The summed E-state index contributed by atoms with van der Waals surface area (Å²) in [6, 6.07) is 13.2. The minimum Gasteiger partial charge on any atom is -0.493 e. The fourth-order valence-electron chi connectivity index (χ4n) is 5.86. The average Bonchev–Trinajstić information content (AvgIpc) is 3.40. The van der Waals surface area contributed by atoms with Gasteiger partial charge in [-0.3, -0.25) is 4.79 Å². The number of hydrogen-bond acceptors (Lipinski definition) is 6. The van der Waals surface area contributed by atoms with E-state index < -0.39 is 5.92 Å². The van der Waals surface area contributed by atoms with E-state index in [0.717, 1.165) is 48.2 Å². The molecule has 6 nitrogen and oxygen atoms in total. The Kier molecular flexibility index (Phi) is 7.29. The maximum Gasteiger partial charge on any atom is 0.337 e. The van der Waals surface area contributed by atoms with E-state index in [1.807, 2.05) is 37.3 Å². The zero-order valence-electron chi connectivity index (χ0n) is 21.4. The second-order valence-corrected chi connectivity index (χ2v) is 10.4. The molecule has 0 amide bonds. The van der Waals surface area contributed by atoms with Gasteiger partial charge in [0.15, 0.2) is 17.3 Å². The van der Waals surface area contributed by atoms with E-state index in [0.29, 0.717) is 40.5 Å². The van der Waals surface area contributed by atoms with Crippen molar-refractivity contribution in [3.63, 3.8) is 0 Å². The predicted molar refractivity (Wildman–Crippen MR) is 142 cm³/mol. The summed E-state index contributed by atoms with van der Waals surface area (Å²) in [5, 5.41) is 4.03. The number of dihydropyridines is 1. The van der Waals surface area contributed by atoms with Crippen LogP contribution in [0.3, 0.4) is 0 Å². The number of carbonyl (C=O) groups excluding carboxylic acids is 2. The Labute approximate surface area is 222 Å². The first-order chi connectivity index (χ1) is 17.9. The van der Waals surface area contributed by atoms with Gasteiger partial charge in [0.2, 0.25) is 0 Å². The molecule has 2 aromatic carbocycles. The molecule has 0 aromatic heterocycles. The third kappa shape index (κ3) is 4.99. The second kappa shape index (κ2) is 10.6. The Bertz CT molecular complexity index is 1270. The number of nitrogens with one attached hydrogen (secondary N) is 1. The van der Waals surface area contributed by atoms with E-state index in [2.05, 4.69) is 5.32 Å². The molecule has 37 heavy (non-hydrogen) atoms. The van der Waals surface area contributed by atoms with Gasteiger partial charge in [0, 0.05) is 34.3 Å². The molecule has 7 heteroatoms. The lowest BCUT2D eigenvalue weighted by molar-refractivity contribution is -0.144. The number of benzene rings is 2. The van der Waals surface area contributed by atoms with Crippen LogP contribution in [0.15, 0.2) is 65.0 Å². The molecule has 2 aromatic rings. The molecular weight excluding hydrogens is 490 g/mol. The fraction of sp³-hybridized carbons (Fsp3) is 0.400. The number of ether oxygens (including phenoxy) is 3. The van der Waals surface area contributed by atoms with Crippen LogP contribution in [0.2, 0.25) is 5.02 Å². The molecule has 2 atom stereocenters. The van der Waals surface area contributed by atoms with Crippen LogP contribution in [0, 0.1) is 0 Å². The van der Waals surface area contributed by atoms with Gasteiger partial charge in [-0.05, 0) is 80.3 Å². The number of ketones is 1. The first-order valence-electron chi connectivity index (χ1n) is 12.8. The maximum absolute atomic E-state index is 13.8. The summed E-state index contributed by atoms with van der Waals surface area (Å²) >= 11 is 6.18. The molecule has 0 saturated heterocycles. The van der Waals surface area contributed by atoms with Gasteiger partial charge in [0.25, 0.3) is 0 Å². The van der Waals surface area contributed by atoms with Crippen LogP contribution in [0.1, 0.15) is 68.4 Å². The van der Waals surface area contributed by atoms with Gasteiger partial charge in [0.1, 0.15) is 6.10 Å². The van der Waals surface area contributed by atoms with Crippen molar-refractivity contribution >= 4 is 23.4 Å². The van der Waals surface area contributed by atoms with E-state index in [4.69, 9.17) is 25.8 Å². The van der Waals surface area contributed by atoms with Crippen LogP contribution >= 0.6 is 11.6 Å². The highest BCUT2D eigenvalue weighted by Crippen LogP contribution is 2.47. The molecule has 0 unspecified atom stereocenters. The highest BCUT2D eigenvalue weighted by molar-refractivity contribution is 6.30. The van der Waals surface area contributed by atoms with Gasteiger partial charge >= 0.3 is 5.97 Å². The molecule has 1 fully saturated rings. The number of methoxy groups -OCH3 is 2. The van der Waals surface area contributed by atoms with Crippen LogP contribution in [0.25, 0.3) is 0 Å². The molecule has 1 saturated carbocycles. The number of rotatable bonds is 6. The van der Waals surface area contributed by atoms with Crippen LogP contribution < -0.4 is 14.8 Å². The van der Waals surface area contributed by atoms with Crippen molar-refractivity contribution in [2.75, 3.05) is 14.2 Å². The number of Topliss-reactive ketones (excluding diaryl/α,β-unsaturated/α-hetero) is 1. The highest BCUT2D eigenvalue weighted by atomic mass is 35.5. The third-order valence-electron chi connectivity index (χ3n) is 7.71. The van der Waals surface area contributed by atoms with Crippen molar-refractivity contribution in [1.82, 2.24) is 5.32 Å². The van der Waals surface area contributed by atoms with Gasteiger partial charge in [-0.25, -0.2) is 4.79 Å². The van der Waals surface area contributed by atoms with E-state index in [-0.39, 0.29) is 23.8 Å². The van der Waals surface area contributed by atoms with Crippen molar-refractivity contribution in [1.29, 1.82) is 0 Å². The minimum absolute atomic E-state index is 0.0205. The van der Waals surface area contributed by atoms with Crippen molar-refractivity contribution in [2.24, 2.45) is 0 Å². The Morgan fingerprint density at radius 2 is 1.62 bits per heavy atom. The van der Waals surface area contributed by atoms with E-state index >= 15 is 0 Å². The normalized spacial score (nSPS) is 22.0. The smallest absolute Gasteiger partial charge is 0.337 e. The van der Waals surface area contributed by atoms with Gasteiger partial charge in [0.05, 0.1) is 19.8 Å². The molecule has 1 aliphatic heterocycles. The lowest BCUT2D eigenvalue weighted by Gasteiger charge is -2.37. The number of hydrogen-bond donors (Lipinski definition) is 1. The van der Waals surface area contributed by atoms with Gasteiger partial charge in [-0.2, -0.15) is 0 Å². The molecule has 2 aliphatic carbocycles. The minimum atomic E-state index is -0.499. The van der Waals surface area contributed by atoms with E-state index in [1.54, 1.807) is 26.4 Å². The molecular formula is C30H32ClNO5. The first kappa shape index (κ1) is 25.4. The average molecular weight is 522 g/mol. The number of carbonyl (C=O) groups is 2. The lowest BCUT2D eigenvalue weighted by Crippen LogP contribution is -2.36. The molecule has 0 radical (unpaired) electrons. The van der Waals surface area contributed by atoms with Crippen LogP contribution in [0.4, 0.5) is 0 Å². The summed E-state index contributed by atoms with van der Waals surface area (Å²) in [4.78, 5) is 27.3. The SMILES string of the molecule is COc1ccc([C@@H]2CC(=O)C3=C(C2)NC(C)=C(C(=O)OC2CCCC2)[C@H]3c2ccc(Cl)cc2)cc1OC. The Hall–Kier alpha value is -3.25. The lowest BCUT2D eigenvalue weighted by atomic mass is 9.71. The summed E-state index contributed by atoms with van der Waals surface area (Å²) < 4.78 is 16.8. The van der Waals surface area contributed by atoms with Crippen LogP contribution in [-0.4, -0.2) is 32.1 Å². The third-order valence-corrected chi connectivity index (χ3v) is 7.96.